The first-order chi connectivity index (χ1) is 8.35. The molecule has 0 aliphatic carbocycles. The van der Waals surface area contributed by atoms with Gasteiger partial charge in [0, 0.05) is 19.1 Å². The van der Waals surface area contributed by atoms with Crippen LogP contribution in [0.5, 0.6) is 0 Å². The van der Waals surface area contributed by atoms with Gasteiger partial charge >= 0.3 is 0 Å². The van der Waals surface area contributed by atoms with Crippen LogP contribution in [0.15, 0.2) is 41.2 Å². The number of rotatable bonds is 5. The molecule has 2 rings (SSSR count). The van der Waals surface area contributed by atoms with Gasteiger partial charge in [-0.2, -0.15) is 0 Å². The second-order valence-corrected chi connectivity index (χ2v) is 3.74. The van der Waals surface area contributed by atoms with E-state index in [1.807, 2.05) is 24.3 Å². The standard InChI is InChI=1S/C13H14FNO2/c1-16-13(6-7-14)11-4-2-10(3-5-11)12-8-15-17-9-12/h2-5,8-9,13H,6-7H2,1H3. The lowest BCUT2D eigenvalue weighted by Gasteiger charge is -2.14. The fourth-order valence-corrected chi connectivity index (χ4v) is 1.76. The number of hydrogen-bond acceptors (Lipinski definition) is 3. The minimum atomic E-state index is -0.383. The third-order valence-corrected chi connectivity index (χ3v) is 2.70. The maximum atomic E-state index is 12.3. The minimum absolute atomic E-state index is 0.184. The molecule has 90 valence electrons. The SMILES string of the molecule is COC(CCF)c1ccc(-c2cnoc2)cc1. The minimum Gasteiger partial charge on any atom is -0.377 e. The maximum absolute atomic E-state index is 12.3. The Labute approximate surface area is 99.2 Å². The molecule has 17 heavy (non-hydrogen) atoms. The Morgan fingerprint density at radius 1 is 1.29 bits per heavy atom. The Bertz CT molecular complexity index is 439. The molecular weight excluding hydrogens is 221 g/mol. The summed E-state index contributed by atoms with van der Waals surface area (Å²) < 4.78 is 22.3. The third-order valence-electron chi connectivity index (χ3n) is 2.70. The summed E-state index contributed by atoms with van der Waals surface area (Å²) in [5.74, 6) is 0. The summed E-state index contributed by atoms with van der Waals surface area (Å²) in [4.78, 5) is 0. The van der Waals surface area contributed by atoms with E-state index in [0.717, 1.165) is 16.7 Å². The average Bonchev–Trinajstić information content (AvgIpc) is 2.90. The molecule has 0 aliphatic heterocycles. The smallest absolute Gasteiger partial charge is 0.131 e. The Morgan fingerprint density at radius 2 is 2.06 bits per heavy atom. The topological polar surface area (TPSA) is 35.3 Å². The Balaban J connectivity index is 2.17. The van der Waals surface area contributed by atoms with E-state index in [4.69, 9.17) is 9.26 Å². The van der Waals surface area contributed by atoms with E-state index in [2.05, 4.69) is 5.16 Å². The number of aromatic nitrogens is 1. The Hall–Kier alpha value is -1.68. The van der Waals surface area contributed by atoms with Crippen LogP contribution in [0.1, 0.15) is 18.1 Å². The molecule has 0 amide bonds. The fourth-order valence-electron chi connectivity index (χ4n) is 1.76. The summed E-state index contributed by atoms with van der Waals surface area (Å²) in [5, 5.41) is 3.65. The van der Waals surface area contributed by atoms with Crippen molar-refractivity contribution in [1.29, 1.82) is 0 Å². The first-order valence-electron chi connectivity index (χ1n) is 5.43. The molecule has 1 unspecified atom stereocenters. The molecule has 0 N–H and O–H groups in total. The molecule has 2 aromatic rings. The van der Waals surface area contributed by atoms with Crippen LogP contribution in [-0.4, -0.2) is 18.9 Å². The molecule has 0 fully saturated rings. The molecule has 0 bridgehead atoms. The van der Waals surface area contributed by atoms with Gasteiger partial charge in [-0.1, -0.05) is 29.4 Å². The molecule has 3 nitrogen and oxygen atoms in total. The van der Waals surface area contributed by atoms with Crippen molar-refractivity contribution in [2.24, 2.45) is 0 Å². The van der Waals surface area contributed by atoms with E-state index in [0.29, 0.717) is 6.42 Å². The zero-order valence-corrected chi connectivity index (χ0v) is 9.60. The van der Waals surface area contributed by atoms with Gasteiger partial charge in [0.1, 0.15) is 6.26 Å². The number of nitrogens with zero attached hydrogens (tertiary/aromatic N) is 1. The van der Waals surface area contributed by atoms with Crippen LogP contribution in [0.25, 0.3) is 11.1 Å². The zero-order valence-electron chi connectivity index (χ0n) is 9.60. The fraction of sp³-hybridized carbons (Fsp3) is 0.308. The number of hydrogen-bond donors (Lipinski definition) is 0. The van der Waals surface area contributed by atoms with Crippen LogP contribution in [0.4, 0.5) is 4.39 Å². The van der Waals surface area contributed by atoms with Gasteiger partial charge in [-0.25, -0.2) is 0 Å². The summed E-state index contributed by atoms with van der Waals surface area (Å²) in [6.45, 7) is -0.383. The molecule has 4 heteroatoms. The average molecular weight is 235 g/mol. The number of ether oxygens (including phenoxy) is 1. The Morgan fingerprint density at radius 3 is 2.59 bits per heavy atom. The summed E-state index contributed by atoms with van der Waals surface area (Å²) in [6, 6.07) is 7.77. The van der Waals surface area contributed by atoms with Gasteiger partial charge < -0.3 is 9.26 Å². The van der Waals surface area contributed by atoms with Gasteiger partial charge in [0.15, 0.2) is 0 Å². The van der Waals surface area contributed by atoms with Crippen molar-refractivity contribution in [1.82, 2.24) is 5.16 Å². The number of halogens is 1. The second-order valence-electron chi connectivity index (χ2n) is 3.74. The first-order valence-corrected chi connectivity index (χ1v) is 5.43. The lowest BCUT2D eigenvalue weighted by atomic mass is 10.0. The van der Waals surface area contributed by atoms with Crippen molar-refractivity contribution in [2.45, 2.75) is 12.5 Å². The predicted molar refractivity (Wildman–Crippen MR) is 62.3 cm³/mol. The van der Waals surface area contributed by atoms with Gasteiger partial charge in [-0.15, -0.1) is 0 Å². The largest absolute Gasteiger partial charge is 0.377 e. The molecule has 1 atom stereocenters. The quantitative estimate of drug-likeness (QED) is 0.796. The highest BCUT2D eigenvalue weighted by atomic mass is 19.1. The summed E-state index contributed by atoms with van der Waals surface area (Å²) in [7, 11) is 1.59. The van der Waals surface area contributed by atoms with E-state index in [1.54, 1.807) is 19.6 Å². The van der Waals surface area contributed by atoms with Crippen LogP contribution >= 0.6 is 0 Å². The molecule has 1 aromatic carbocycles. The van der Waals surface area contributed by atoms with Gasteiger partial charge in [-0.05, 0) is 11.1 Å². The van der Waals surface area contributed by atoms with E-state index in [1.165, 1.54) is 0 Å². The molecule has 0 saturated heterocycles. The highest BCUT2D eigenvalue weighted by Gasteiger charge is 2.10. The summed E-state index contributed by atoms with van der Waals surface area (Å²) in [6.07, 6.45) is 3.44. The number of alkyl halides is 1. The zero-order chi connectivity index (χ0) is 12.1. The van der Waals surface area contributed by atoms with Crippen LogP contribution < -0.4 is 0 Å². The van der Waals surface area contributed by atoms with E-state index >= 15 is 0 Å². The molecule has 1 heterocycles. The number of methoxy groups -OCH3 is 1. The van der Waals surface area contributed by atoms with Crippen molar-refractivity contribution in [2.75, 3.05) is 13.8 Å². The van der Waals surface area contributed by atoms with Gasteiger partial charge in [-0.3, -0.25) is 4.39 Å². The first kappa shape index (κ1) is 11.8. The summed E-state index contributed by atoms with van der Waals surface area (Å²) >= 11 is 0. The van der Waals surface area contributed by atoms with Gasteiger partial charge in [0.2, 0.25) is 0 Å². The lowest BCUT2D eigenvalue weighted by molar-refractivity contribution is 0.0890. The predicted octanol–water partition coefficient (Wildman–Crippen LogP) is 3.39. The van der Waals surface area contributed by atoms with Crippen LogP contribution in [0, 0.1) is 0 Å². The van der Waals surface area contributed by atoms with Crippen molar-refractivity contribution in [3.8, 4) is 11.1 Å². The molecule has 0 saturated carbocycles. The normalized spacial score (nSPS) is 12.6. The van der Waals surface area contributed by atoms with E-state index in [9.17, 15) is 4.39 Å². The molecule has 0 aliphatic rings. The van der Waals surface area contributed by atoms with Crippen molar-refractivity contribution >= 4 is 0 Å². The molecule has 0 radical (unpaired) electrons. The van der Waals surface area contributed by atoms with Gasteiger partial charge in [0.05, 0.1) is 19.0 Å². The van der Waals surface area contributed by atoms with Crippen LogP contribution in [0.2, 0.25) is 0 Å². The maximum Gasteiger partial charge on any atom is 0.131 e. The van der Waals surface area contributed by atoms with E-state index < -0.39 is 0 Å². The summed E-state index contributed by atoms with van der Waals surface area (Å²) in [5.41, 5.74) is 2.92. The third kappa shape index (κ3) is 2.71. The van der Waals surface area contributed by atoms with Crippen molar-refractivity contribution in [3.63, 3.8) is 0 Å². The second kappa shape index (κ2) is 5.59. The lowest BCUT2D eigenvalue weighted by Crippen LogP contribution is -2.02. The van der Waals surface area contributed by atoms with Crippen molar-refractivity contribution in [3.05, 3.63) is 42.3 Å². The van der Waals surface area contributed by atoms with Gasteiger partial charge in [0.25, 0.3) is 0 Å². The van der Waals surface area contributed by atoms with E-state index in [-0.39, 0.29) is 12.8 Å². The van der Waals surface area contributed by atoms with Crippen LogP contribution in [0.3, 0.4) is 0 Å². The molecular formula is C13H14FNO2. The Kier molecular flexibility index (Phi) is 3.88. The number of benzene rings is 1. The highest BCUT2D eigenvalue weighted by Crippen LogP contribution is 2.24. The monoisotopic (exact) mass is 235 g/mol. The van der Waals surface area contributed by atoms with Crippen molar-refractivity contribution < 1.29 is 13.7 Å². The van der Waals surface area contributed by atoms with Crippen LogP contribution in [-0.2, 0) is 4.74 Å². The molecule has 0 spiro atoms. The molecule has 1 aromatic heterocycles. The highest BCUT2D eigenvalue weighted by molar-refractivity contribution is 5.61.